The molecule has 0 radical (unpaired) electrons. The Morgan fingerprint density at radius 1 is 1.50 bits per heavy atom. The van der Waals surface area contributed by atoms with Gasteiger partial charge in [0.05, 0.1) is 12.0 Å². The molecule has 3 heteroatoms. The van der Waals surface area contributed by atoms with Crippen LogP contribution in [0.1, 0.15) is 39.5 Å². The number of hydrogen-bond donors (Lipinski definition) is 1. The fraction of sp³-hybridized carbons (Fsp3) is 0.923. The molecule has 1 saturated carbocycles. The number of hydrogen-bond acceptors (Lipinski definition) is 3. The average Bonchev–Trinajstić information content (AvgIpc) is 2.75. The maximum atomic E-state index is 8.97. The van der Waals surface area contributed by atoms with Crippen LogP contribution in [0.3, 0.4) is 0 Å². The van der Waals surface area contributed by atoms with Gasteiger partial charge in [0.15, 0.2) is 0 Å². The molecule has 0 aromatic carbocycles. The Balaban J connectivity index is 2.18. The normalized spacial score (nSPS) is 26.9. The monoisotopic (exact) mass is 223 g/mol. The van der Waals surface area contributed by atoms with Gasteiger partial charge >= 0.3 is 0 Å². The highest BCUT2D eigenvalue weighted by molar-refractivity contribution is 4.96. The second-order valence-corrected chi connectivity index (χ2v) is 4.96. The molecule has 16 heavy (non-hydrogen) atoms. The van der Waals surface area contributed by atoms with Crippen molar-refractivity contribution in [1.29, 1.82) is 5.26 Å². The Labute approximate surface area is 99.8 Å². The summed E-state index contributed by atoms with van der Waals surface area (Å²) < 4.78 is 0. The largest absolute Gasteiger partial charge is 0.311 e. The molecule has 1 rings (SSSR count). The summed E-state index contributed by atoms with van der Waals surface area (Å²) >= 11 is 0. The fourth-order valence-electron chi connectivity index (χ4n) is 2.32. The van der Waals surface area contributed by atoms with Crippen LogP contribution in [-0.2, 0) is 0 Å². The fourth-order valence-corrected chi connectivity index (χ4v) is 2.32. The van der Waals surface area contributed by atoms with Crippen LogP contribution >= 0.6 is 0 Å². The summed E-state index contributed by atoms with van der Waals surface area (Å²) in [5, 5.41) is 12.5. The number of nitrogens with zero attached hydrogens (tertiary/aromatic N) is 2. The molecule has 0 heterocycles. The maximum absolute atomic E-state index is 8.97. The van der Waals surface area contributed by atoms with Gasteiger partial charge in [0, 0.05) is 25.2 Å². The summed E-state index contributed by atoms with van der Waals surface area (Å²) in [4.78, 5) is 2.38. The lowest BCUT2D eigenvalue weighted by atomic mass is 10.1. The van der Waals surface area contributed by atoms with Crippen molar-refractivity contribution in [2.45, 2.75) is 51.6 Å². The lowest BCUT2D eigenvalue weighted by Crippen LogP contribution is -2.39. The lowest BCUT2D eigenvalue weighted by Gasteiger charge is -2.25. The first-order valence-corrected chi connectivity index (χ1v) is 6.52. The van der Waals surface area contributed by atoms with Gasteiger partial charge in [-0.25, -0.2) is 0 Å². The molecule has 3 nitrogen and oxygen atoms in total. The molecule has 0 aliphatic heterocycles. The van der Waals surface area contributed by atoms with E-state index in [4.69, 9.17) is 5.26 Å². The second kappa shape index (κ2) is 6.88. The molecule has 1 fully saturated rings. The van der Waals surface area contributed by atoms with E-state index in [1.165, 1.54) is 19.3 Å². The third-order valence-electron chi connectivity index (χ3n) is 3.90. The molecule has 0 bridgehead atoms. The molecule has 0 spiro atoms. The van der Waals surface area contributed by atoms with Crippen LogP contribution in [0, 0.1) is 17.2 Å². The van der Waals surface area contributed by atoms with Crippen molar-refractivity contribution >= 4 is 0 Å². The van der Waals surface area contributed by atoms with E-state index < -0.39 is 0 Å². The van der Waals surface area contributed by atoms with Gasteiger partial charge in [-0.15, -0.1) is 0 Å². The van der Waals surface area contributed by atoms with E-state index in [0.717, 1.165) is 19.5 Å². The Hall–Kier alpha value is -0.590. The van der Waals surface area contributed by atoms with Gasteiger partial charge in [-0.2, -0.15) is 5.26 Å². The Morgan fingerprint density at radius 3 is 2.88 bits per heavy atom. The third-order valence-corrected chi connectivity index (χ3v) is 3.90. The van der Waals surface area contributed by atoms with E-state index in [-0.39, 0.29) is 5.92 Å². The standard InChI is InChI=1S/C13H25N3/c1-4-11(2)16(3)9-8-15-13-7-5-6-12(13)10-14/h11-13,15H,4-9H2,1-3H3. The van der Waals surface area contributed by atoms with Gasteiger partial charge in [0.1, 0.15) is 0 Å². The molecule has 1 aliphatic rings. The van der Waals surface area contributed by atoms with Crippen LogP contribution in [-0.4, -0.2) is 37.1 Å². The summed E-state index contributed by atoms with van der Waals surface area (Å²) in [5.41, 5.74) is 0. The molecular formula is C13H25N3. The molecule has 1 aliphatic carbocycles. The van der Waals surface area contributed by atoms with Gasteiger partial charge in [-0.05, 0) is 33.2 Å². The Kier molecular flexibility index (Phi) is 5.79. The topological polar surface area (TPSA) is 39.1 Å². The van der Waals surface area contributed by atoms with Crippen molar-refractivity contribution in [3.8, 4) is 6.07 Å². The number of rotatable bonds is 6. The molecule has 3 atom stereocenters. The van der Waals surface area contributed by atoms with E-state index >= 15 is 0 Å². The van der Waals surface area contributed by atoms with Gasteiger partial charge in [0.25, 0.3) is 0 Å². The molecular weight excluding hydrogens is 198 g/mol. The summed E-state index contributed by atoms with van der Waals surface area (Å²) in [6.07, 6.45) is 4.65. The van der Waals surface area contributed by atoms with Crippen LogP contribution in [0.5, 0.6) is 0 Å². The zero-order valence-electron chi connectivity index (χ0n) is 10.9. The van der Waals surface area contributed by atoms with Crippen LogP contribution in [0.25, 0.3) is 0 Å². The van der Waals surface area contributed by atoms with Gasteiger partial charge in [-0.1, -0.05) is 13.3 Å². The predicted molar refractivity (Wildman–Crippen MR) is 67.1 cm³/mol. The van der Waals surface area contributed by atoms with Crippen LogP contribution in [0.4, 0.5) is 0 Å². The summed E-state index contributed by atoms with van der Waals surface area (Å²) in [6.45, 7) is 6.55. The van der Waals surface area contributed by atoms with E-state index in [1.54, 1.807) is 0 Å². The van der Waals surface area contributed by atoms with E-state index in [9.17, 15) is 0 Å². The van der Waals surface area contributed by atoms with E-state index in [0.29, 0.717) is 12.1 Å². The minimum atomic E-state index is 0.244. The van der Waals surface area contributed by atoms with Crippen molar-refractivity contribution in [2.75, 3.05) is 20.1 Å². The predicted octanol–water partition coefficient (Wildman–Crippen LogP) is 2.00. The molecule has 0 aromatic heterocycles. The van der Waals surface area contributed by atoms with Crippen molar-refractivity contribution < 1.29 is 0 Å². The van der Waals surface area contributed by atoms with Crippen LogP contribution in [0.15, 0.2) is 0 Å². The number of nitrogens with one attached hydrogen (secondary N) is 1. The molecule has 92 valence electrons. The van der Waals surface area contributed by atoms with E-state index in [2.05, 4.69) is 37.2 Å². The number of nitriles is 1. The minimum Gasteiger partial charge on any atom is -0.311 e. The zero-order valence-corrected chi connectivity index (χ0v) is 10.9. The molecule has 0 saturated heterocycles. The third kappa shape index (κ3) is 3.77. The molecule has 0 aromatic rings. The van der Waals surface area contributed by atoms with E-state index in [1.807, 2.05) is 0 Å². The highest BCUT2D eigenvalue weighted by Crippen LogP contribution is 2.24. The van der Waals surface area contributed by atoms with Gasteiger partial charge in [0.2, 0.25) is 0 Å². The van der Waals surface area contributed by atoms with Crippen molar-refractivity contribution in [3.05, 3.63) is 0 Å². The Bertz CT molecular complexity index is 234. The van der Waals surface area contributed by atoms with Crippen molar-refractivity contribution in [1.82, 2.24) is 10.2 Å². The van der Waals surface area contributed by atoms with Crippen LogP contribution < -0.4 is 5.32 Å². The highest BCUT2D eigenvalue weighted by Gasteiger charge is 2.26. The smallest absolute Gasteiger partial charge is 0.0672 e. The first-order chi connectivity index (χ1) is 7.69. The van der Waals surface area contributed by atoms with Gasteiger partial charge < -0.3 is 10.2 Å². The molecule has 3 unspecified atom stereocenters. The summed E-state index contributed by atoms with van der Waals surface area (Å²) in [6, 6.07) is 3.50. The lowest BCUT2D eigenvalue weighted by molar-refractivity contribution is 0.246. The van der Waals surface area contributed by atoms with Gasteiger partial charge in [-0.3, -0.25) is 0 Å². The summed E-state index contributed by atoms with van der Waals surface area (Å²) in [7, 11) is 2.17. The molecule has 0 amide bonds. The minimum absolute atomic E-state index is 0.244. The average molecular weight is 223 g/mol. The summed E-state index contributed by atoms with van der Waals surface area (Å²) in [5.74, 6) is 0.244. The van der Waals surface area contributed by atoms with Crippen molar-refractivity contribution in [2.24, 2.45) is 5.92 Å². The SMILES string of the molecule is CCC(C)N(C)CCNC1CCCC1C#N. The molecule has 1 N–H and O–H groups in total. The first-order valence-electron chi connectivity index (χ1n) is 6.52. The number of likely N-dealkylation sites (N-methyl/N-ethyl adjacent to an activating group) is 1. The maximum Gasteiger partial charge on any atom is 0.0672 e. The van der Waals surface area contributed by atoms with Crippen LogP contribution in [0.2, 0.25) is 0 Å². The quantitative estimate of drug-likeness (QED) is 0.748. The van der Waals surface area contributed by atoms with Crippen molar-refractivity contribution in [3.63, 3.8) is 0 Å². The highest BCUT2D eigenvalue weighted by atomic mass is 15.1. The zero-order chi connectivity index (χ0) is 12.0. The second-order valence-electron chi connectivity index (χ2n) is 4.96. The Morgan fingerprint density at radius 2 is 2.25 bits per heavy atom. The first kappa shape index (κ1) is 13.5.